The number of benzene rings is 4. The predicted molar refractivity (Wildman–Crippen MR) is 108 cm³/mol. The fourth-order valence-electron chi connectivity index (χ4n) is 4.97. The van der Waals surface area contributed by atoms with E-state index in [0.29, 0.717) is 0 Å². The highest BCUT2D eigenvalue weighted by Crippen LogP contribution is 2.57. The van der Waals surface area contributed by atoms with Crippen LogP contribution in [0.15, 0.2) is 97.1 Å². The number of fused-ring (bicyclic) bond motifs is 8. The predicted octanol–water partition coefficient (Wildman–Crippen LogP) is 6.35. The van der Waals surface area contributed by atoms with Crippen LogP contribution in [0.4, 0.5) is 0 Å². The van der Waals surface area contributed by atoms with Crippen LogP contribution in [-0.2, 0) is 11.8 Å². The van der Waals surface area contributed by atoms with E-state index in [1.54, 1.807) is 0 Å². The number of hydrogen-bond donors (Lipinski definition) is 0. The molecule has 0 atom stereocenters. The van der Waals surface area contributed by atoms with Gasteiger partial charge in [-0.05, 0) is 40.8 Å². The van der Waals surface area contributed by atoms with Crippen molar-refractivity contribution in [2.75, 3.05) is 0 Å². The van der Waals surface area contributed by atoms with Gasteiger partial charge in [0.05, 0.1) is 5.41 Å². The first kappa shape index (κ1) is 14.8. The first-order chi connectivity index (χ1) is 13.4. The first-order valence-corrected chi connectivity index (χ1v) is 9.42. The lowest BCUT2D eigenvalue weighted by Gasteiger charge is -2.44. The fourth-order valence-corrected chi connectivity index (χ4v) is 4.97. The van der Waals surface area contributed by atoms with Crippen molar-refractivity contribution in [2.45, 2.75) is 11.8 Å². The molecule has 0 saturated carbocycles. The Balaban J connectivity index is 1.78. The topological polar surface area (TPSA) is 9.23 Å². The lowest BCUT2D eigenvalue weighted by molar-refractivity contribution is 0.414. The molecule has 0 unspecified atom stereocenters. The molecular formula is C26H18O. The van der Waals surface area contributed by atoms with Gasteiger partial charge in [-0.2, -0.15) is 0 Å². The highest BCUT2D eigenvalue weighted by Gasteiger charge is 2.47. The van der Waals surface area contributed by atoms with Crippen LogP contribution in [0.2, 0.25) is 0 Å². The molecule has 1 heterocycles. The third kappa shape index (κ3) is 1.89. The molecule has 0 saturated heterocycles. The molecule has 1 aliphatic heterocycles. The standard InChI is InChI=1S/C26H18O/c1-2-10-19-18(9-1)17-26(21-12-4-3-11-20(19)21)22-13-5-7-15-24(22)27-25-16-8-6-14-23(25)26/h1-16H,17H2. The Labute approximate surface area is 158 Å². The van der Waals surface area contributed by atoms with E-state index in [9.17, 15) is 0 Å². The monoisotopic (exact) mass is 346 g/mol. The van der Waals surface area contributed by atoms with E-state index >= 15 is 0 Å². The molecule has 2 aliphatic rings. The van der Waals surface area contributed by atoms with Gasteiger partial charge in [0.1, 0.15) is 11.5 Å². The summed E-state index contributed by atoms with van der Waals surface area (Å²) >= 11 is 0. The molecule has 1 nitrogen and oxygen atoms in total. The second-order valence-electron chi connectivity index (χ2n) is 7.38. The van der Waals surface area contributed by atoms with Crippen molar-refractivity contribution in [1.29, 1.82) is 0 Å². The molecular weight excluding hydrogens is 328 g/mol. The van der Waals surface area contributed by atoms with Crippen LogP contribution in [0.1, 0.15) is 22.3 Å². The number of rotatable bonds is 0. The van der Waals surface area contributed by atoms with Gasteiger partial charge in [0.2, 0.25) is 0 Å². The minimum atomic E-state index is -0.226. The van der Waals surface area contributed by atoms with Gasteiger partial charge in [0.25, 0.3) is 0 Å². The third-order valence-corrected chi connectivity index (χ3v) is 6.06. The zero-order chi connectivity index (χ0) is 17.8. The van der Waals surface area contributed by atoms with Gasteiger partial charge in [0.15, 0.2) is 0 Å². The van der Waals surface area contributed by atoms with Gasteiger partial charge in [-0.1, -0.05) is 84.9 Å². The van der Waals surface area contributed by atoms with Crippen LogP contribution in [0.3, 0.4) is 0 Å². The van der Waals surface area contributed by atoms with Crippen molar-refractivity contribution in [2.24, 2.45) is 0 Å². The quantitative estimate of drug-likeness (QED) is 0.360. The zero-order valence-corrected chi connectivity index (χ0v) is 14.9. The minimum Gasteiger partial charge on any atom is -0.457 e. The molecule has 0 bridgehead atoms. The van der Waals surface area contributed by atoms with E-state index < -0.39 is 0 Å². The molecule has 0 amide bonds. The summed E-state index contributed by atoms with van der Waals surface area (Å²) in [6.45, 7) is 0. The van der Waals surface area contributed by atoms with Crippen molar-refractivity contribution in [3.63, 3.8) is 0 Å². The van der Waals surface area contributed by atoms with E-state index in [-0.39, 0.29) is 5.41 Å². The molecule has 0 radical (unpaired) electrons. The van der Waals surface area contributed by atoms with E-state index in [4.69, 9.17) is 4.74 Å². The maximum atomic E-state index is 6.31. The molecule has 0 aromatic heterocycles. The number of hydrogen-bond acceptors (Lipinski definition) is 1. The van der Waals surface area contributed by atoms with Crippen molar-refractivity contribution < 1.29 is 4.74 Å². The number of para-hydroxylation sites is 2. The Kier molecular flexibility index (Phi) is 2.93. The van der Waals surface area contributed by atoms with Crippen LogP contribution in [0, 0.1) is 0 Å². The Morgan fingerprint density at radius 3 is 1.74 bits per heavy atom. The summed E-state index contributed by atoms with van der Waals surface area (Å²) in [5.74, 6) is 1.93. The van der Waals surface area contributed by atoms with Crippen LogP contribution in [0.5, 0.6) is 11.5 Å². The lowest BCUT2D eigenvalue weighted by Crippen LogP contribution is -2.37. The van der Waals surface area contributed by atoms with Crippen molar-refractivity contribution in [3.05, 3.63) is 119 Å². The van der Waals surface area contributed by atoms with E-state index in [0.717, 1.165) is 17.9 Å². The van der Waals surface area contributed by atoms with Gasteiger partial charge in [-0.25, -0.2) is 0 Å². The first-order valence-electron chi connectivity index (χ1n) is 9.42. The summed E-state index contributed by atoms with van der Waals surface area (Å²) < 4.78 is 6.31. The molecule has 0 fully saturated rings. The van der Waals surface area contributed by atoms with E-state index in [1.807, 2.05) is 0 Å². The minimum absolute atomic E-state index is 0.226. The Bertz CT molecular complexity index is 1140. The van der Waals surface area contributed by atoms with Crippen LogP contribution in [0.25, 0.3) is 11.1 Å². The van der Waals surface area contributed by atoms with Gasteiger partial charge >= 0.3 is 0 Å². The molecule has 1 aliphatic carbocycles. The molecule has 4 aromatic carbocycles. The van der Waals surface area contributed by atoms with Crippen LogP contribution < -0.4 is 4.74 Å². The van der Waals surface area contributed by atoms with Gasteiger partial charge < -0.3 is 4.74 Å². The van der Waals surface area contributed by atoms with Gasteiger partial charge in [0, 0.05) is 11.1 Å². The summed E-state index contributed by atoms with van der Waals surface area (Å²) in [7, 11) is 0. The molecule has 1 heteroatoms. The van der Waals surface area contributed by atoms with E-state index in [1.165, 1.54) is 33.4 Å². The van der Waals surface area contributed by atoms with Crippen LogP contribution >= 0.6 is 0 Å². The maximum absolute atomic E-state index is 6.31. The molecule has 4 aromatic rings. The van der Waals surface area contributed by atoms with Crippen molar-refractivity contribution in [3.8, 4) is 22.6 Å². The third-order valence-electron chi connectivity index (χ3n) is 6.06. The van der Waals surface area contributed by atoms with Crippen molar-refractivity contribution in [1.82, 2.24) is 0 Å². The van der Waals surface area contributed by atoms with E-state index in [2.05, 4.69) is 97.1 Å². The average molecular weight is 346 g/mol. The normalized spacial score (nSPS) is 15.1. The highest BCUT2D eigenvalue weighted by atomic mass is 16.5. The summed E-state index contributed by atoms with van der Waals surface area (Å²) in [4.78, 5) is 0. The second kappa shape index (κ2) is 5.34. The molecule has 0 N–H and O–H groups in total. The van der Waals surface area contributed by atoms with Gasteiger partial charge in [-0.15, -0.1) is 0 Å². The number of ether oxygens (including phenoxy) is 1. The Morgan fingerprint density at radius 2 is 1.04 bits per heavy atom. The summed E-state index contributed by atoms with van der Waals surface area (Å²) in [5, 5.41) is 0. The summed E-state index contributed by atoms with van der Waals surface area (Å²) in [5.41, 5.74) is 7.72. The Hall–Kier alpha value is -3.32. The summed E-state index contributed by atoms with van der Waals surface area (Å²) in [6.07, 6.45) is 0.942. The van der Waals surface area contributed by atoms with Crippen molar-refractivity contribution >= 4 is 0 Å². The molecule has 27 heavy (non-hydrogen) atoms. The van der Waals surface area contributed by atoms with Crippen LogP contribution in [-0.4, -0.2) is 0 Å². The largest absolute Gasteiger partial charge is 0.457 e. The average Bonchev–Trinajstić information content (AvgIpc) is 2.74. The fraction of sp³-hybridized carbons (Fsp3) is 0.0769. The smallest absolute Gasteiger partial charge is 0.131 e. The highest BCUT2D eigenvalue weighted by molar-refractivity contribution is 5.80. The lowest BCUT2D eigenvalue weighted by atomic mass is 9.60. The van der Waals surface area contributed by atoms with Gasteiger partial charge in [-0.3, -0.25) is 0 Å². The maximum Gasteiger partial charge on any atom is 0.131 e. The molecule has 128 valence electrons. The SMILES string of the molecule is c1ccc2c(c1)CC1(c3ccccc3Oc3ccccc31)c1ccccc1-2. The Morgan fingerprint density at radius 1 is 0.519 bits per heavy atom. The molecule has 6 rings (SSSR count). The summed E-state index contributed by atoms with van der Waals surface area (Å²) in [6, 6.07) is 34.7. The molecule has 1 spiro atoms. The second-order valence-corrected chi connectivity index (χ2v) is 7.38. The zero-order valence-electron chi connectivity index (χ0n) is 14.9.